The van der Waals surface area contributed by atoms with Crippen LogP contribution in [-0.2, 0) is 24.3 Å². The zero-order valence-corrected chi connectivity index (χ0v) is 43.9. The van der Waals surface area contributed by atoms with Gasteiger partial charge in [0.2, 0.25) is 0 Å². The van der Waals surface area contributed by atoms with E-state index in [4.69, 9.17) is 38.3 Å². The molecule has 0 saturated heterocycles. The molecule has 0 spiro atoms. The van der Waals surface area contributed by atoms with Crippen LogP contribution < -0.4 is 10.8 Å². The second-order valence-corrected chi connectivity index (χ2v) is 20.3. The molecule has 0 radical (unpaired) electrons. The van der Waals surface area contributed by atoms with Crippen LogP contribution in [0.5, 0.6) is 17.2 Å². The van der Waals surface area contributed by atoms with E-state index in [9.17, 15) is 20.1 Å². The summed E-state index contributed by atoms with van der Waals surface area (Å²) in [5, 5.41) is 67.8. The van der Waals surface area contributed by atoms with Gasteiger partial charge in [0.15, 0.2) is 5.75 Å². The average Bonchev–Trinajstić information content (AvgIpc) is 4.27. The standard InChI is InChI=1S/C64H46Cl2N8O5/c1-3-33-9-5-7-11-51(33)69-64(78)50-27-36-14-20-46-48-30-40(66)16-24-54(48)68-59(46)57(36)61(63(50)77)73-70-41-17-21-43-37(26-41)28-55(75)49-31-42(18-22-44(43)49)71-72-60-56-35(13-19-45-47-29-39(65)15-23-53(47)67-58(45)56)25-38(62(60)76)32-79-74-52-12-8-6-10-34(52)4-2/h5-31,67-68,74-77H,3-4,32H2,1-2H3,(H,69,78). The quantitative estimate of drug-likeness (QED) is 0.0362. The van der Waals surface area contributed by atoms with Crippen LogP contribution in [0.3, 0.4) is 0 Å². The lowest BCUT2D eigenvalue weighted by Gasteiger charge is -2.14. The first-order valence-corrected chi connectivity index (χ1v) is 26.4. The van der Waals surface area contributed by atoms with Crippen molar-refractivity contribution in [1.82, 2.24) is 9.97 Å². The molecule has 0 aliphatic rings. The lowest BCUT2D eigenvalue weighted by molar-refractivity contribution is 0.102. The number of para-hydroxylation sites is 2. The molecule has 13 rings (SSSR count). The smallest absolute Gasteiger partial charge is 0.259 e. The maximum atomic E-state index is 14.0. The highest BCUT2D eigenvalue weighted by molar-refractivity contribution is 6.33. The van der Waals surface area contributed by atoms with Crippen molar-refractivity contribution in [1.29, 1.82) is 0 Å². The number of phenols is 3. The molecular weight excluding hydrogens is 1030 g/mol. The van der Waals surface area contributed by atoms with Gasteiger partial charge in [-0.3, -0.25) is 15.1 Å². The van der Waals surface area contributed by atoms with E-state index < -0.39 is 5.91 Å². The fourth-order valence-electron chi connectivity index (χ4n) is 10.9. The Morgan fingerprint density at radius 1 is 0.506 bits per heavy atom. The molecule has 79 heavy (non-hydrogen) atoms. The highest BCUT2D eigenvalue weighted by atomic mass is 35.5. The van der Waals surface area contributed by atoms with Crippen molar-refractivity contribution >= 4 is 150 Å². The molecule has 0 aliphatic carbocycles. The molecule has 15 heteroatoms. The number of phenolic OH excluding ortho intramolecular Hbond substituents is 3. The molecule has 0 unspecified atom stereocenters. The minimum absolute atomic E-state index is 0.00928. The van der Waals surface area contributed by atoms with Crippen molar-refractivity contribution in [2.75, 3.05) is 10.8 Å². The highest BCUT2D eigenvalue weighted by Crippen LogP contribution is 2.47. The predicted molar refractivity (Wildman–Crippen MR) is 319 cm³/mol. The number of hydrogen-bond acceptors (Lipinski definition) is 10. The van der Waals surface area contributed by atoms with Crippen molar-refractivity contribution in [2.45, 2.75) is 33.3 Å². The van der Waals surface area contributed by atoms with Gasteiger partial charge >= 0.3 is 0 Å². The number of H-pyrrole nitrogens is 2. The van der Waals surface area contributed by atoms with Gasteiger partial charge < -0.3 is 30.6 Å². The first-order valence-electron chi connectivity index (χ1n) is 25.7. The Balaban J connectivity index is 0.865. The second kappa shape index (κ2) is 19.8. The summed E-state index contributed by atoms with van der Waals surface area (Å²) >= 11 is 12.9. The number of amides is 1. The molecule has 0 aliphatic heterocycles. The third kappa shape index (κ3) is 8.70. The Morgan fingerprint density at radius 3 is 1.71 bits per heavy atom. The number of nitrogens with one attached hydrogen (secondary N) is 4. The highest BCUT2D eigenvalue weighted by Gasteiger charge is 2.23. The molecule has 1 amide bonds. The van der Waals surface area contributed by atoms with Crippen LogP contribution in [-0.4, -0.2) is 31.2 Å². The van der Waals surface area contributed by atoms with E-state index >= 15 is 0 Å². The van der Waals surface area contributed by atoms with Crippen LogP contribution in [0.4, 0.5) is 34.1 Å². The van der Waals surface area contributed by atoms with Gasteiger partial charge in [0.1, 0.15) is 29.5 Å². The summed E-state index contributed by atoms with van der Waals surface area (Å²) in [6.45, 7) is 4.11. The summed E-state index contributed by atoms with van der Waals surface area (Å²) in [7, 11) is 0. The number of nitrogens with zero attached hydrogens (tertiary/aromatic N) is 4. The number of rotatable bonds is 12. The number of aromatic nitrogens is 2. The van der Waals surface area contributed by atoms with E-state index in [1.165, 1.54) is 0 Å². The zero-order chi connectivity index (χ0) is 54.1. The minimum atomic E-state index is -0.500. The van der Waals surface area contributed by atoms with E-state index in [2.05, 4.69) is 37.9 Å². The average molecular weight is 1080 g/mol. The van der Waals surface area contributed by atoms with Crippen LogP contribution in [0.1, 0.15) is 40.9 Å². The predicted octanol–water partition coefficient (Wildman–Crippen LogP) is 18.7. The summed E-state index contributed by atoms with van der Waals surface area (Å²) in [6.07, 6.45) is 1.52. The number of hydrogen-bond donors (Lipinski definition) is 7. The number of aromatic amines is 2. The number of carbonyl (C=O) groups is 1. The van der Waals surface area contributed by atoms with Crippen LogP contribution >= 0.6 is 23.2 Å². The monoisotopic (exact) mass is 1080 g/mol. The minimum Gasteiger partial charge on any atom is -0.507 e. The first-order chi connectivity index (χ1) is 38.5. The van der Waals surface area contributed by atoms with Gasteiger partial charge in [0, 0.05) is 70.0 Å². The molecule has 0 saturated carbocycles. The molecule has 13 nitrogen and oxygen atoms in total. The second-order valence-electron chi connectivity index (χ2n) is 19.5. The zero-order valence-electron chi connectivity index (χ0n) is 42.4. The Labute approximate surface area is 460 Å². The van der Waals surface area contributed by atoms with E-state index in [1.54, 1.807) is 42.5 Å². The Bertz CT molecular complexity index is 4760. The van der Waals surface area contributed by atoms with Gasteiger partial charge in [0.05, 0.1) is 33.7 Å². The lowest BCUT2D eigenvalue weighted by Crippen LogP contribution is -2.13. The maximum absolute atomic E-state index is 14.0. The van der Waals surface area contributed by atoms with Crippen molar-refractivity contribution < 1.29 is 25.0 Å². The molecule has 7 N–H and O–H groups in total. The van der Waals surface area contributed by atoms with Crippen molar-refractivity contribution in [3.63, 3.8) is 0 Å². The molecule has 386 valence electrons. The van der Waals surface area contributed by atoms with Crippen LogP contribution in [0, 0.1) is 0 Å². The third-order valence-electron chi connectivity index (χ3n) is 14.8. The van der Waals surface area contributed by atoms with Crippen molar-refractivity contribution in [3.05, 3.63) is 196 Å². The number of aryl methyl sites for hydroxylation is 2. The number of benzene rings is 11. The van der Waals surface area contributed by atoms with Crippen molar-refractivity contribution in [3.8, 4) is 17.2 Å². The van der Waals surface area contributed by atoms with Crippen molar-refractivity contribution in [2.24, 2.45) is 20.5 Å². The summed E-state index contributed by atoms with van der Waals surface area (Å²) in [5.74, 6) is -0.946. The normalized spacial score (nSPS) is 12.1. The number of carbonyl (C=O) groups excluding carboxylic acids is 1. The van der Waals surface area contributed by atoms with Crippen LogP contribution in [0.15, 0.2) is 184 Å². The van der Waals surface area contributed by atoms with E-state index in [0.717, 1.165) is 77.5 Å². The Morgan fingerprint density at radius 2 is 1.06 bits per heavy atom. The van der Waals surface area contributed by atoms with Gasteiger partial charge in [-0.25, -0.2) is 0 Å². The Hall–Kier alpha value is -9.53. The van der Waals surface area contributed by atoms with Gasteiger partial charge in [-0.15, -0.1) is 10.2 Å². The Kier molecular flexibility index (Phi) is 12.3. The van der Waals surface area contributed by atoms with Gasteiger partial charge in [-0.05, 0) is 142 Å². The van der Waals surface area contributed by atoms with E-state index in [-0.39, 0.29) is 40.8 Å². The van der Waals surface area contributed by atoms with Crippen LogP contribution in [0.25, 0.3) is 86.7 Å². The fourth-order valence-corrected chi connectivity index (χ4v) is 11.2. The van der Waals surface area contributed by atoms with E-state index in [0.29, 0.717) is 71.5 Å². The number of fused-ring (bicyclic) bond motifs is 13. The van der Waals surface area contributed by atoms with Crippen LogP contribution in [0.2, 0.25) is 10.0 Å². The molecule has 2 aromatic heterocycles. The number of anilines is 2. The number of aromatic hydroxyl groups is 3. The number of azo groups is 2. The third-order valence-corrected chi connectivity index (χ3v) is 15.2. The summed E-state index contributed by atoms with van der Waals surface area (Å²) in [5.41, 5.74) is 11.5. The van der Waals surface area contributed by atoms with Gasteiger partial charge in [-0.2, -0.15) is 10.2 Å². The topological polar surface area (TPSA) is 192 Å². The van der Waals surface area contributed by atoms with E-state index in [1.807, 2.05) is 128 Å². The first kappa shape index (κ1) is 49.1. The van der Waals surface area contributed by atoms with Gasteiger partial charge in [-0.1, -0.05) is 110 Å². The lowest BCUT2D eigenvalue weighted by atomic mass is 9.99. The molecule has 0 bridgehead atoms. The molecule has 0 atom stereocenters. The van der Waals surface area contributed by atoms with Gasteiger partial charge in [0.25, 0.3) is 5.91 Å². The maximum Gasteiger partial charge on any atom is 0.259 e. The fraction of sp³-hybridized carbons (Fsp3) is 0.0781. The summed E-state index contributed by atoms with van der Waals surface area (Å²) in [6, 6.07) is 50.6. The SMILES string of the molecule is CCc1ccccc1NOCc1cc2ccc3c4cc(Cl)ccc4[nH]c3c2c(N=Nc2ccc3c(c2)c(O)cc2cc(N=Nc4c(O)c(C(=O)Nc5ccccc5CC)cc5ccc6c7cc(Cl)ccc7[nH]c6c45)ccc23)c1O. The molecule has 13 aromatic rings. The molecule has 11 aromatic carbocycles. The molecular formula is C64H46Cl2N8O5. The number of halogens is 2. The summed E-state index contributed by atoms with van der Waals surface area (Å²) in [4.78, 5) is 27.0. The largest absolute Gasteiger partial charge is 0.507 e. The molecule has 2 heterocycles. The molecule has 0 fully saturated rings. The summed E-state index contributed by atoms with van der Waals surface area (Å²) < 4.78 is 0.